The molecule has 3 N–H and O–H groups in total. The molecule has 0 rings (SSSR count). The van der Waals surface area contributed by atoms with Gasteiger partial charge in [0.2, 0.25) is 0 Å². The zero-order chi connectivity index (χ0) is 61.7. The summed E-state index contributed by atoms with van der Waals surface area (Å²) in [5.41, 5.74) is 0. The van der Waals surface area contributed by atoms with Gasteiger partial charge in [-0.1, -0.05) is 260 Å². The van der Waals surface area contributed by atoms with Crippen LogP contribution in [0.25, 0.3) is 0 Å². The first-order chi connectivity index (χ1) is 39.8. The van der Waals surface area contributed by atoms with E-state index in [0.29, 0.717) is 31.6 Å². The molecule has 0 aliphatic rings. The number of ether oxygens (including phenoxy) is 4. The number of aliphatic hydroxyl groups is 1. The molecule has 19 heteroatoms. The molecule has 492 valence electrons. The normalized spacial score (nSPS) is 14.7. The lowest BCUT2D eigenvalue weighted by atomic mass is 10.00. The van der Waals surface area contributed by atoms with Gasteiger partial charge in [0.25, 0.3) is 0 Å². The Kier molecular flexibility index (Phi) is 54.1. The third-order valence-corrected chi connectivity index (χ3v) is 16.9. The summed E-state index contributed by atoms with van der Waals surface area (Å²) in [7, 11) is -9.89. The summed E-state index contributed by atoms with van der Waals surface area (Å²) in [6.45, 7) is 11.7. The molecule has 0 saturated carbocycles. The molecular formula is C64H124O17P2. The minimum absolute atomic E-state index is 0.102. The highest BCUT2D eigenvalue weighted by molar-refractivity contribution is 7.47. The van der Waals surface area contributed by atoms with E-state index in [1.165, 1.54) is 116 Å². The van der Waals surface area contributed by atoms with E-state index >= 15 is 0 Å². The molecule has 0 bridgehead atoms. The Morgan fingerprint density at radius 1 is 0.349 bits per heavy atom. The van der Waals surface area contributed by atoms with Crippen LogP contribution in [-0.4, -0.2) is 96.7 Å². The van der Waals surface area contributed by atoms with Crippen molar-refractivity contribution < 1.29 is 80.2 Å². The first-order valence-corrected chi connectivity index (χ1v) is 36.4. The number of hydrogen-bond acceptors (Lipinski definition) is 15. The van der Waals surface area contributed by atoms with E-state index in [1.54, 1.807) is 0 Å². The first kappa shape index (κ1) is 81.1. The molecule has 0 aliphatic carbocycles. The van der Waals surface area contributed by atoms with Crippen molar-refractivity contribution in [3.8, 4) is 0 Å². The van der Waals surface area contributed by atoms with Crippen molar-refractivity contribution in [3.63, 3.8) is 0 Å². The summed E-state index contributed by atoms with van der Waals surface area (Å²) in [5, 5.41) is 10.5. The van der Waals surface area contributed by atoms with E-state index in [2.05, 4.69) is 48.5 Å². The van der Waals surface area contributed by atoms with Crippen LogP contribution in [0.5, 0.6) is 0 Å². The molecule has 3 unspecified atom stereocenters. The van der Waals surface area contributed by atoms with Crippen LogP contribution in [0.15, 0.2) is 0 Å². The molecule has 0 saturated heterocycles. The van der Waals surface area contributed by atoms with Gasteiger partial charge in [-0.25, -0.2) is 9.13 Å². The predicted octanol–water partition coefficient (Wildman–Crippen LogP) is 17.5. The van der Waals surface area contributed by atoms with Crippen molar-refractivity contribution in [2.75, 3.05) is 39.6 Å². The van der Waals surface area contributed by atoms with E-state index in [9.17, 15) is 43.2 Å². The van der Waals surface area contributed by atoms with Crippen molar-refractivity contribution in [1.82, 2.24) is 0 Å². The number of phosphoric ester groups is 2. The number of phosphoric acid groups is 2. The largest absolute Gasteiger partial charge is 0.472 e. The summed E-state index contributed by atoms with van der Waals surface area (Å²) in [6.07, 6.45) is 36.3. The van der Waals surface area contributed by atoms with Gasteiger partial charge in [0.15, 0.2) is 12.2 Å². The van der Waals surface area contributed by atoms with Gasteiger partial charge in [-0.15, -0.1) is 0 Å². The van der Waals surface area contributed by atoms with E-state index in [1.807, 2.05) is 0 Å². The van der Waals surface area contributed by atoms with E-state index < -0.39 is 97.5 Å². The van der Waals surface area contributed by atoms with Gasteiger partial charge in [0.05, 0.1) is 26.4 Å². The SMILES string of the molecule is CCCCCCCCCCCCCC(=O)OC[C@H](COP(=O)(O)OC[C@@H](O)COP(=O)(O)OC[C@@H](COC(=O)CCCCCCCCC(C)CC)OC(=O)CCCCCCCCCC(C)C)OC(=O)CCCCCCCCCCCC(C)C. The van der Waals surface area contributed by atoms with Gasteiger partial charge in [-0.2, -0.15) is 0 Å². The van der Waals surface area contributed by atoms with E-state index in [0.717, 1.165) is 108 Å². The summed E-state index contributed by atoms with van der Waals surface area (Å²) >= 11 is 0. The van der Waals surface area contributed by atoms with Crippen LogP contribution >= 0.6 is 15.6 Å². The number of rotatable bonds is 62. The fraction of sp³-hybridized carbons (Fsp3) is 0.938. The molecule has 0 amide bonds. The summed E-state index contributed by atoms with van der Waals surface area (Å²) in [5.74, 6) is 0.0248. The number of carbonyl (C=O) groups excluding carboxylic acids is 4. The standard InChI is InChI=1S/C64H124O17P2/c1-8-10-11-12-13-14-15-18-23-31-38-45-61(66)74-51-59(80-63(68)47-40-33-24-19-16-17-21-28-35-42-55(3)4)53-78-82(70,71)76-49-58(65)50-77-83(72,73)79-54-60(81-64(69)48-41-34-25-20-22-29-36-43-56(5)6)52-75-62(67)46-39-32-27-26-30-37-44-57(7)9-2/h55-60,65H,8-54H2,1-7H3,(H,70,71)(H,72,73)/t57?,58-,59-,60-/m1/s1. The minimum atomic E-state index is -4.94. The number of unbranched alkanes of at least 4 members (excludes halogenated alkanes) is 29. The number of carbonyl (C=O) groups is 4. The zero-order valence-electron chi connectivity index (χ0n) is 53.6. The summed E-state index contributed by atoms with van der Waals surface area (Å²) in [4.78, 5) is 72.2. The van der Waals surface area contributed by atoms with Gasteiger partial charge in [0, 0.05) is 25.7 Å². The Balaban J connectivity index is 5.26. The molecule has 83 heavy (non-hydrogen) atoms. The van der Waals surface area contributed by atoms with Crippen LogP contribution in [0.2, 0.25) is 0 Å². The molecule has 0 radical (unpaired) electrons. The summed E-state index contributed by atoms with van der Waals surface area (Å²) in [6, 6.07) is 0. The quantitative estimate of drug-likeness (QED) is 0.0222. The van der Waals surface area contributed by atoms with Crippen LogP contribution in [-0.2, 0) is 65.4 Å². The average molecular weight is 1230 g/mol. The second-order valence-electron chi connectivity index (χ2n) is 24.3. The van der Waals surface area contributed by atoms with Crippen LogP contribution in [0.4, 0.5) is 0 Å². The smallest absolute Gasteiger partial charge is 0.462 e. The molecule has 17 nitrogen and oxygen atoms in total. The Bertz CT molecular complexity index is 1650. The Hall–Kier alpha value is -1.94. The van der Waals surface area contributed by atoms with Gasteiger partial charge in [0.1, 0.15) is 19.3 Å². The zero-order valence-corrected chi connectivity index (χ0v) is 55.4. The van der Waals surface area contributed by atoms with Gasteiger partial charge >= 0.3 is 39.5 Å². The van der Waals surface area contributed by atoms with Crippen LogP contribution in [0.1, 0.15) is 312 Å². The molecule has 0 aromatic rings. The lowest BCUT2D eigenvalue weighted by molar-refractivity contribution is -0.161. The monoisotopic (exact) mass is 1230 g/mol. The Morgan fingerprint density at radius 2 is 0.614 bits per heavy atom. The third-order valence-electron chi connectivity index (χ3n) is 15.0. The molecule has 0 aromatic carbocycles. The van der Waals surface area contributed by atoms with Crippen LogP contribution in [0.3, 0.4) is 0 Å². The predicted molar refractivity (Wildman–Crippen MR) is 331 cm³/mol. The maximum atomic E-state index is 13.0. The fourth-order valence-electron chi connectivity index (χ4n) is 9.45. The second kappa shape index (κ2) is 55.4. The second-order valence-corrected chi connectivity index (χ2v) is 27.3. The number of hydrogen-bond donors (Lipinski definition) is 3. The maximum absolute atomic E-state index is 13.0. The highest BCUT2D eigenvalue weighted by atomic mass is 31.2. The Morgan fingerprint density at radius 3 is 0.916 bits per heavy atom. The highest BCUT2D eigenvalue weighted by Crippen LogP contribution is 2.45. The van der Waals surface area contributed by atoms with Crippen LogP contribution < -0.4 is 0 Å². The number of aliphatic hydroxyl groups excluding tert-OH is 1. The van der Waals surface area contributed by atoms with Crippen molar-refractivity contribution in [2.45, 2.75) is 330 Å². The minimum Gasteiger partial charge on any atom is -0.462 e. The van der Waals surface area contributed by atoms with Gasteiger partial charge in [-0.3, -0.25) is 37.3 Å². The van der Waals surface area contributed by atoms with Crippen molar-refractivity contribution in [1.29, 1.82) is 0 Å². The van der Waals surface area contributed by atoms with E-state index in [4.69, 9.17) is 37.0 Å². The molecule has 6 atom stereocenters. The molecule has 0 spiro atoms. The molecule has 0 aromatic heterocycles. The maximum Gasteiger partial charge on any atom is 0.472 e. The van der Waals surface area contributed by atoms with Crippen LogP contribution in [0, 0.1) is 17.8 Å². The average Bonchev–Trinajstić information content (AvgIpc) is 3.45. The van der Waals surface area contributed by atoms with Gasteiger partial charge in [-0.05, 0) is 43.4 Å². The third kappa shape index (κ3) is 57.6. The van der Waals surface area contributed by atoms with E-state index in [-0.39, 0.29) is 25.7 Å². The molecular weight excluding hydrogens is 1100 g/mol. The molecule has 0 heterocycles. The number of esters is 4. The van der Waals surface area contributed by atoms with Gasteiger partial charge < -0.3 is 33.8 Å². The summed E-state index contributed by atoms with van der Waals surface area (Å²) < 4.78 is 68.0. The lowest BCUT2D eigenvalue weighted by Crippen LogP contribution is -2.30. The topological polar surface area (TPSA) is 237 Å². The fourth-order valence-corrected chi connectivity index (χ4v) is 11.0. The lowest BCUT2D eigenvalue weighted by Gasteiger charge is -2.21. The molecule has 0 aliphatic heterocycles. The first-order valence-electron chi connectivity index (χ1n) is 33.4. The van der Waals surface area contributed by atoms with Crippen molar-refractivity contribution in [3.05, 3.63) is 0 Å². The highest BCUT2D eigenvalue weighted by Gasteiger charge is 2.30. The van der Waals surface area contributed by atoms with Crippen molar-refractivity contribution >= 4 is 39.5 Å². The van der Waals surface area contributed by atoms with Crippen molar-refractivity contribution in [2.24, 2.45) is 17.8 Å². The Labute approximate surface area is 505 Å². The molecule has 0 fully saturated rings.